The Bertz CT molecular complexity index is 1030. The van der Waals surface area contributed by atoms with Gasteiger partial charge in [-0.3, -0.25) is 0 Å². The van der Waals surface area contributed by atoms with Crippen molar-refractivity contribution in [2.24, 2.45) is 0 Å². The van der Waals surface area contributed by atoms with Crippen LogP contribution < -0.4 is 5.32 Å². The van der Waals surface area contributed by atoms with Gasteiger partial charge in [0, 0.05) is 17.0 Å². The van der Waals surface area contributed by atoms with Crippen molar-refractivity contribution in [3.8, 4) is 0 Å². The SMILES string of the molecule is CCc1cc2c(Nc3ccc(F)cc3)nc(Cc3ccccc3)nc2s1. The number of aryl methyl sites for hydroxylation is 1. The lowest BCUT2D eigenvalue weighted by atomic mass is 10.1. The minimum Gasteiger partial charge on any atom is -0.340 e. The average Bonchev–Trinajstić information content (AvgIpc) is 3.08. The van der Waals surface area contributed by atoms with Crippen LogP contribution in [0.1, 0.15) is 23.2 Å². The lowest BCUT2D eigenvalue weighted by molar-refractivity contribution is 0.628. The third kappa shape index (κ3) is 3.58. The van der Waals surface area contributed by atoms with Gasteiger partial charge in [-0.25, -0.2) is 14.4 Å². The Kier molecular flexibility index (Phi) is 4.63. The predicted molar refractivity (Wildman–Crippen MR) is 106 cm³/mol. The number of aromatic nitrogens is 2. The van der Waals surface area contributed by atoms with Gasteiger partial charge in [-0.2, -0.15) is 0 Å². The zero-order valence-corrected chi connectivity index (χ0v) is 15.2. The van der Waals surface area contributed by atoms with E-state index in [1.54, 1.807) is 23.5 Å². The Hall–Kier alpha value is -2.79. The number of nitrogens with zero attached hydrogens (tertiary/aromatic N) is 2. The number of hydrogen-bond acceptors (Lipinski definition) is 4. The quantitative estimate of drug-likeness (QED) is 0.492. The Labute approximate surface area is 155 Å². The largest absolute Gasteiger partial charge is 0.340 e. The summed E-state index contributed by atoms with van der Waals surface area (Å²) < 4.78 is 13.2. The van der Waals surface area contributed by atoms with Gasteiger partial charge in [-0.15, -0.1) is 11.3 Å². The first-order valence-corrected chi connectivity index (χ1v) is 9.39. The first-order chi connectivity index (χ1) is 12.7. The standard InChI is InChI=1S/C21H18FN3S/c1-2-17-13-18-20(23-16-10-8-15(22)9-11-16)24-19(25-21(18)26-17)12-14-6-4-3-5-7-14/h3-11,13H,2,12H2,1H3,(H,23,24,25). The van der Waals surface area contributed by atoms with Gasteiger partial charge < -0.3 is 5.32 Å². The van der Waals surface area contributed by atoms with Gasteiger partial charge in [-0.1, -0.05) is 37.3 Å². The predicted octanol–water partition coefficient (Wildman–Crippen LogP) is 5.73. The van der Waals surface area contributed by atoms with E-state index in [2.05, 4.69) is 30.4 Å². The summed E-state index contributed by atoms with van der Waals surface area (Å²) in [5.74, 6) is 1.29. The van der Waals surface area contributed by atoms with Crippen LogP contribution in [0.3, 0.4) is 0 Å². The highest BCUT2D eigenvalue weighted by molar-refractivity contribution is 7.18. The van der Waals surface area contributed by atoms with Crippen molar-refractivity contribution in [3.63, 3.8) is 0 Å². The van der Waals surface area contributed by atoms with Gasteiger partial charge in [0.05, 0.1) is 5.39 Å². The molecule has 0 saturated carbocycles. The van der Waals surface area contributed by atoms with Gasteiger partial charge in [0.2, 0.25) is 0 Å². The number of benzene rings is 2. The van der Waals surface area contributed by atoms with Crippen LogP contribution in [0.25, 0.3) is 10.2 Å². The fourth-order valence-electron chi connectivity index (χ4n) is 2.81. The maximum absolute atomic E-state index is 13.2. The van der Waals surface area contributed by atoms with Crippen LogP contribution in [0.4, 0.5) is 15.9 Å². The number of hydrogen-bond donors (Lipinski definition) is 1. The number of fused-ring (bicyclic) bond motifs is 1. The average molecular weight is 363 g/mol. The molecule has 0 bridgehead atoms. The molecule has 3 nitrogen and oxygen atoms in total. The second-order valence-electron chi connectivity index (χ2n) is 6.07. The maximum atomic E-state index is 13.2. The molecule has 0 unspecified atom stereocenters. The van der Waals surface area contributed by atoms with E-state index in [1.807, 2.05) is 18.2 Å². The topological polar surface area (TPSA) is 37.8 Å². The highest BCUT2D eigenvalue weighted by Crippen LogP contribution is 2.31. The van der Waals surface area contributed by atoms with Crippen molar-refractivity contribution in [1.29, 1.82) is 0 Å². The molecule has 0 atom stereocenters. The van der Waals surface area contributed by atoms with Crippen LogP contribution in [0, 0.1) is 5.82 Å². The van der Waals surface area contributed by atoms with Gasteiger partial charge in [0.25, 0.3) is 0 Å². The molecule has 2 heterocycles. The summed E-state index contributed by atoms with van der Waals surface area (Å²) in [6.45, 7) is 2.14. The van der Waals surface area contributed by atoms with Gasteiger partial charge in [-0.05, 0) is 42.3 Å². The molecule has 0 fully saturated rings. The van der Waals surface area contributed by atoms with Gasteiger partial charge in [0.1, 0.15) is 22.3 Å². The van der Waals surface area contributed by atoms with Gasteiger partial charge >= 0.3 is 0 Å². The Morgan fingerprint density at radius 2 is 1.77 bits per heavy atom. The summed E-state index contributed by atoms with van der Waals surface area (Å²) in [6.07, 6.45) is 1.64. The van der Waals surface area contributed by atoms with E-state index in [0.717, 1.165) is 34.0 Å². The monoisotopic (exact) mass is 363 g/mol. The molecule has 0 aliphatic heterocycles. The summed E-state index contributed by atoms with van der Waals surface area (Å²) >= 11 is 1.70. The van der Waals surface area contributed by atoms with E-state index in [4.69, 9.17) is 9.97 Å². The van der Waals surface area contributed by atoms with E-state index < -0.39 is 0 Å². The van der Waals surface area contributed by atoms with E-state index in [9.17, 15) is 4.39 Å². The van der Waals surface area contributed by atoms with Crippen molar-refractivity contribution in [2.45, 2.75) is 19.8 Å². The van der Waals surface area contributed by atoms with Crippen LogP contribution in [0.5, 0.6) is 0 Å². The smallest absolute Gasteiger partial charge is 0.142 e. The van der Waals surface area contributed by atoms with Crippen molar-refractivity contribution in [3.05, 3.63) is 82.7 Å². The fraction of sp³-hybridized carbons (Fsp3) is 0.143. The Morgan fingerprint density at radius 1 is 1.00 bits per heavy atom. The van der Waals surface area contributed by atoms with Crippen molar-refractivity contribution >= 4 is 33.1 Å². The second kappa shape index (κ2) is 7.22. The van der Waals surface area contributed by atoms with Crippen molar-refractivity contribution < 1.29 is 4.39 Å². The lowest BCUT2D eigenvalue weighted by Gasteiger charge is -2.09. The number of nitrogens with one attached hydrogen (secondary N) is 1. The maximum Gasteiger partial charge on any atom is 0.142 e. The minimum atomic E-state index is -0.253. The number of anilines is 2. The Morgan fingerprint density at radius 3 is 2.50 bits per heavy atom. The fourth-order valence-corrected chi connectivity index (χ4v) is 3.80. The summed E-state index contributed by atoms with van der Waals surface area (Å²) in [5.41, 5.74) is 1.98. The van der Waals surface area contributed by atoms with E-state index >= 15 is 0 Å². The van der Waals surface area contributed by atoms with Gasteiger partial charge in [0.15, 0.2) is 0 Å². The summed E-state index contributed by atoms with van der Waals surface area (Å²) in [6, 6.07) is 18.6. The normalized spacial score (nSPS) is 11.0. The molecular formula is C21H18FN3S. The molecule has 2 aromatic heterocycles. The molecular weight excluding hydrogens is 345 g/mol. The van der Waals surface area contributed by atoms with Crippen LogP contribution >= 0.6 is 11.3 Å². The van der Waals surface area contributed by atoms with Crippen LogP contribution in [0.15, 0.2) is 60.7 Å². The number of halogens is 1. The minimum absolute atomic E-state index is 0.253. The van der Waals surface area contributed by atoms with Crippen molar-refractivity contribution in [1.82, 2.24) is 9.97 Å². The molecule has 0 aliphatic rings. The third-order valence-electron chi connectivity index (χ3n) is 4.15. The molecule has 0 amide bonds. The molecule has 4 rings (SSSR count). The number of thiophene rings is 1. The number of rotatable bonds is 5. The van der Waals surface area contributed by atoms with Crippen molar-refractivity contribution in [2.75, 3.05) is 5.32 Å². The molecule has 0 aliphatic carbocycles. The van der Waals surface area contributed by atoms with E-state index in [-0.39, 0.29) is 5.82 Å². The zero-order chi connectivity index (χ0) is 17.9. The molecule has 1 N–H and O–H groups in total. The first-order valence-electron chi connectivity index (χ1n) is 8.57. The van der Waals surface area contributed by atoms with E-state index in [1.165, 1.54) is 22.6 Å². The third-order valence-corrected chi connectivity index (χ3v) is 5.32. The highest BCUT2D eigenvalue weighted by atomic mass is 32.1. The molecule has 2 aromatic carbocycles. The molecule has 5 heteroatoms. The van der Waals surface area contributed by atoms with E-state index in [0.29, 0.717) is 6.42 Å². The summed E-state index contributed by atoms with van der Waals surface area (Å²) in [4.78, 5) is 11.8. The Balaban J connectivity index is 1.75. The summed E-state index contributed by atoms with van der Waals surface area (Å²) in [5, 5.41) is 4.33. The summed E-state index contributed by atoms with van der Waals surface area (Å²) in [7, 11) is 0. The molecule has 0 saturated heterocycles. The zero-order valence-electron chi connectivity index (χ0n) is 14.4. The molecule has 0 spiro atoms. The lowest BCUT2D eigenvalue weighted by Crippen LogP contribution is -2.01. The second-order valence-corrected chi connectivity index (χ2v) is 7.18. The molecule has 4 aromatic rings. The molecule has 130 valence electrons. The van der Waals surface area contributed by atoms with Crippen LogP contribution in [-0.2, 0) is 12.8 Å². The van der Waals surface area contributed by atoms with Crippen LogP contribution in [0.2, 0.25) is 0 Å². The van der Waals surface area contributed by atoms with Crippen LogP contribution in [-0.4, -0.2) is 9.97 Å². The molecule has 0 radical (unpaired) electrons. The first kappa shape index (κ1) is 16.7. The molecule has 26 heavy (non-hydrogen) atoms. The highest BCUT2D eigenvalue weighted by Gasteiger charge is 2.12.